The van der Waals surface area contributed by atoms with Gasteiger partial charge < -0.3 is 15.2 Å². The molecule has 2 N–H and O–H groups in total. The number of imidazole rings is 1. The lowest BCUT2D eigenvalue weighted by molar-refractivity contribution is 0.228. The molecule has 18 heavy (non-hydrogen) atoms. The van der Waals surface area contributed by atoms with Gasteiger partial charge in [-0.1, -0.05) is 20.8 Å². The molecule has 102 valence electrons. The highest BCUT2D eigenvalue weighted by molar-refractivity contribution is 5.18. The van der Waals surface area contributed by atoms with Gasteiger partial charge in [-0.2, -0.15) is 0 Å². The van der Waals surface area contributed by atoms with Crippen LogP contribution in [-0.2, 0) is 0 Å². The Kier molecular flexibility index (Phi) is 4.40. The van der Waals surface area contributed by atoms with Crippen molar-refractivity contribution < 1.29 is 0 Å². The van der Waals surface area contributed by atoms with Gasteiger partial charge in [0, 0.05) is 44.3 Å². The van der Waals surface area contributed by atoms with Gasteiger partial charge in [0.05, 0.1) is 5.69 Å². The summed E-state index contributed by atoms with van der Waals surface area (Å²) in [5.41, 5.74) is 2.45. The standard InChI is InChI=1S/C14H26N4/c1-10(2)13-12(4)16-14(17-13)11(3)9-18-7-5-15-6-8-18/h10-11,15H,5-9H2,1-4H3,(H,16,17). The zero-order valence-electron chi connectivity index (χ0n) is 12.1. The Hall–Kier alpha value is -0.870. The minimum atomic E-state index is 0.481. The van der Waals surface area contributed by atoms with Crippen LogP contribution in [0.2, 0.25) is 0 Å². The minimum absolute atomic E-state index is 0.481. The highest BCUT2D eigenvalue weighted by Crippen LogP contribution is 2.21. The average molecular weight is 250 g/mol. The van der Waals surface area contributed by atoms with Crippen LogP contribution in [0.5, 0.6) is 0 Å². The first-order valence-electron chi connectivity index (χ1n) is 7.07. The van der Waals surface area contributed by atoms with E-state index in [2.05, 4.69) is 42.9 Å². The summed E-state index contributed by atoms with van der Waals surface area (Å²) in [5, 5.41) is 3.39. The number of rotatable bonds is 4. The number of H-pyrrole nitrogens is 1. The molecule has 1 aromatic rings. The molecule has 0 amide bonds. The molecule has 1 aromatic heterocycles. The fourth-order valence-corrected chi connectivity index (χ4v) is 2.66. The van der Waals surface area contributed by atoms with Gasteiger partial charge >= 0.3 is 0 Å². The van der Waals surface area contributed by atoms with E-state index in [9.17, 15) is 0 Å². The van der Waals surface area contributed by atoms with E-state index in [-0.39, 0.29) is 0 Å². The predicted molar refractivity (Wildman–Crippen MR) is 75.1 cm³/mol. The van der Waals surface area contributed by atoms with Crippen molar-refractivity contribution in [3.63, 3.8) is 0 Å². The van der Waals surface area contributed by atoms with Crippen LogP contribution < -0.4 is 5.32 Å². The van der Waals surface area contributed by atoms with Crippen LogP contribution in [0.1, 0.15) is 49.8 Å². The molecule has 2 heterocycles. The highest BCUT2D eigenvalue weighted by atomic mass is 15.2. The first-order chi connectivity index (χ1) is 8.58. The summed E-state index contributed by atoms with van der Waals surface area (Å²) in [6.45, 7) is 14.4. The van der Waals surface area contributed by atoms with Crippen molar-refractivity contribution in [2.45, 2.75) is 39.5 Å². The van der Waals surface area contributed by atoms with E-state index in [0.29, 0.717) is 11.8 Å². The number of aryl methyl sites for hydroxylation is 1. The van der Waals surface area contributed by atoms with Crippen molar-refractivity contribution in [2.24, 2.45) is 0 Å². The van der Waals surface area contributed by atoms with E-state index in [0.717, 1.165) is 38.5 Å². The third kappa shape index (κ3) is 3.12. The molecule has 0 saturated carbocycles. The van der Waals surface area contributed by atoms with Gasteiger partial charge in [-0.3, -0.25) is 0 Å². The Morgan fingerprint density at radius 3 is 2.44 bits per heavy atom. The molecule has 1 unspecified atom stereocenters. The van der Waals surface area contributed by atoms with Crippen LogP contribution in [0, 0.1) is 6.92 Å². The smallest absolute Gasteiger partial charge is 0.110 e. The Morgan fingerprint density at radius 2 is 1.89 bits per heavy atom. The van der Waals surface area contributed by atoms with Crippen molar-refractivity contribution in [3.8, 4) is 0 Å². The first-order valence-corrected chi connectivity index (χ1v) is 7.07. The molecule has 0 aliphatic carbocycles. The molecule has 1 saturated heterocycles. The largest absolute Gasteiger partial charge is 0.346 e. The number of hydrogen-bond acceptors (Lipinski definition) is 3. The van der Waals surface area contributed by atoms with E-state index >= 15 is 0 Å². The second-order valence-corrected chi connectivity index (χ2v) is 5.74. The Labute approximate surface area is 110 Å². The zero-order chi connectivity index (χ0) is 13.1. The highest BCUT2D eigenvalue weighted by Gasteiger charge is 2.18. The third-order valence-corrected chi connectivity index (χ3v) is 3.70. The van der Waals surface area contributed by atoms with Crippen LogP contribution in [-0.4, -0.2) is 47.6 Å². The van der Waals surface area contributed by atoms with Gasteiger partial charge in [0.15, 0.2) is 0 Å². The molecule has 2 rings (SSSR count). The second-order valence-electron chi connectivity index (χ2n) is 5.74. The lowest BCUT2D eigenvalue weighted by Crippen LogP contribution is -2.44. The minimum Gasteiger partial charge on any atom is -0.346 e. The summed E-state index contributed by atoms with van der Waals surface area (Å²) in [6, 6.07) is 0. The molecule has 1 fully saturated rings. The topological polar surface area (TPSA) is 44.0 Å². The van der Waals surface area contributed by atoms with E-state index in [4.69, 9.17) is 4.98 Å². The zero-order valence-corrected chi connectivity index (χ0v) is 12.1. The summed E-state index contributed by atoms with van der Waals surface area (Å²) in [6.07, 6.45) is 0. The molecule has 0 radical (unpaired) electrons. The SMILES string of the molecule is Cc1[nH]c(C(C)CN2CCNCC2)nc1C(C)C. The Morgan fingerprint density at radius 1 is 1.22 bits per heavy atom. The van der Waals surface area contributed by atoms with Crippen molar-refractivity contribution in [1.82, 2.24) is 20.2 Å². The molecule has 4 nitrogen and oxygen atoms in total. The molecule has 1 atom stereocenters. The van der Waals surface area contributed by atoms with Gasteiger partial charge in [0.25, 0.3) is 0 Å². The summed E-state index contributed by atoms with van der Waals surface area (Å²) in [7, 11) is 0. The summed E-state index contributed by atoms with van der Waals surface area (Å²) >= 11 is 0. The first kappa shape index (κ1) is 13.6. The molecule has 0 bridgehead atoms. The van der Waals surface area contributed by atoms with Gasteiger partial charge in [-0.25, -0.2) is 4.98 Å². The number of nitrogens with zero attached hydrogens (tertiary/aromatic N) is 2. The summed E-state index contributed by atoms with van der Waals surface area (Å²) in [4.78, 5) is 10.8. The molecule has 4 heteroatoms. The fourth-order valence-electron chi connectivity index (χ4n) is 2.66. The van der Waals surface area contributed by atoms with Crippen LogP contribution in [0.3, 0.4) is 0 Å². The normalized spacial score (nSPS) is 19.4. The van der Waals surface area contributed by atoms with Crippen molar-refractivity contribution in [2.75, 3.05) is 32.7 Å². The maximum absolute atomic E-state index is 4.78. The van der Waals surface area contributed by atoms with Crippen molar-refractivity contribution in [3.05, 3.63) is 17.2 Å². The number of nitrogens with one attached hydrogen (secondary N) is 2. The molecule has 0 spiro atoms. The van der Waals surface area contributed by atoms with Crippen LogP contribution in [0.25, 0.3) is 0 Å². The van der Waals surface area contributed by atoms with Crippen molar-refractivity contribution >= 4 is 0 Å². The van der Waals surface area contributed by atoms with Gasteiger partial charge in [-0.15, -0.1) is 0 Å². The van der Waals surface area contributed by atoms with Gasteiger partial charge in [0.1, 0.15) is 5.82 Å². The number of hydrogen-bond donors (Lipinski definition) is 2. The fraction of sp³-hybridized carbons (Fsp3) is 0.786. The summed E-state index contributed by atoms with van der Waals surface area (Å²) in [5.74, 6) is 2.13. The average Bonchev–Trinajstić information content (AvgIpc) is 2.73. The van der Waals surface area contributed by atoms with E-state index in [1.54, 1.807) is 0 Å². The number of aromatic amines is 1. The Bertz CT molecular complexity index is 377. The van der Waals surface area contributed by atoms with Crippen LogP contribution in [0.4, 0.5) is 0 Å². The van der Waals surface area contributed by atoms with Crippen LogP contribution in [0.15, 0.2) is 0 Å². The quantitative estimate of drug-likeness (QED) is 0.857. The third-order valence-electron chi connectivity index (χ3n) is 3.70. The maximum atomic E-state index is 4.78. The van der Waals surface area contributed by atoms with E-state index in [1.165, 1.54) is 11.4 Å². The molecule has 0 aromatic carbocycles. The monoisotopic (exact) mass is 250 g/mol. The maximum Gasteiger partial charge on any atom is 0.110 e. The second kappa shape index (κ2) is 5.85. The molecule has 1 aliphatic rings. The van der Waals surface area contributed by atoms with Gasteiger partial charge in [-0.05, 0) is 12.8 Å². The van der Waals surface area contributed by atoms with E-state index in [1.807, 2.05) is 0 Å². The lowest BCUT2D eigenvalue weighted by atomic mass is 10.1. The van der Waals surface area contributed by atoms with Crippen LogP contribution >= 0.6 is 0 Å². The Balaban J connectivity index is 1.99. The number of aromatic nitrogens is 2. The van der Waals surface area contributed by atoms with Gasteiger partial charge in [0.2, 0.25) is 0 Å². The lowest BCUT2D eigenvalue weighted by Gasteiger charge is -2.29. The molecule has 1 aliphatic heterocycles. The van der Waals surface area contributed by atoms with E-state index < -0.39 is 0 Å². The summed E-state index contributed by atoms with van der Waals surface area (Å²) < 4.78 is 0. The molecular formula is C14H26N4. The predicted octanol–water partition coefficient (Wildman–Crippen LogP) is 1.85. The number of piperazine rings is 1. The molecular weight excluding hydrogens is 224 g/mol. The van der Waals surface area contributed by atoms with Crippen molar-refractivity contribution in [1.29, 1.82) is 0 Å².